The van der Waals surface area contributed by atoms with E-state index in [1.54, 1.807) is 6.07 Å². The first-order chi connectivity index (χ1) is 12.4. The maximum absolute atomic E-state index is 12.1. The van der Waals surface area contributed by atoms with Gasteiger partial charge in [-0.1, -0.05) is 12.1 Å². The lowest BCUT2D eigenvalue weighted by Crippen LogP contribution is -2.33. The van der Waals surface area contributed by atoms with Gasteiger partial charge in [-0.25, -0.2) is 0 Å². The predicted octanol–water partition coefficient (Wildman–Crippen LogP) is 2.98. The van der Waals surface area contributed by atoms with E-state index >= 15 is 0 Å². The number of carboxylic acids is 1. The summed E-state index contributed by atoms with van der Waals surface area (Å²) >= 11 is 0.599. The van der Waals surface area contributed by atoms with Crippen molar-refractivity contribution in [3.05, 3.63) is 57.2 Å². The number of imide groups is 1. The first-order valence-electron chi connectivity index (χ1n) is 7.17. The molecule has 132 valence electrons. The number of carbonyl (C=O) groups is 3. The molecule has 0 bridgehead atoms. The van der Waals surface area contributed by atoms with Crippen molar-refractivity contribution in [1.29, 1.82) is 0 Å². The van der Waals surface area contributed by atoms with Gasteiger partial charge in [-0.05, 0) is 30.0 Å². The second-order valence-electron chi connectivity index (χ2n) is 5.14. The zero-order valence-corrected chi connectivity index (χ0v) is 13.8. The quantitative estimate of drug-likeness (QED) is 0.480. The molecule has 9 nitrogen and oxygen atoms in total. The maximum Gasteiger partial charge on any atom is 0.323 e. The van der Waals surface area contributed by atoms with Gasteiger partial charge in [0.2, 0.25) is 0 Å². The number of hydrogen-bond acceptors (Lipinski definition) is 7. The number of carboxylic acid groups (broad SMARTS) is 1. The molecule has 3 rings (SSSR count). The lowest BCUT2D eigenvalue weighted by Gasteiger charge is -2.07. The second-order valence-corrected chi connectivity index (χ2v) is 6.13. The Morgan fingerprint density at radius 3 is 2.69 bits per heavy atom. The standard InChI is InChI=1S/C16H10N2O7S/c19-14(20)8-17-15(21)13(26-16(17)22)7-9-5-6-12(25-9)10-3-1-2-4-11(10)18(23)24/h1-7H,8H2,(H,19,20)/b13-7-. The number of nitrogens with zero attached hydrogens (tertiary/aromatic N) is 2. The smallest absolute Gasteiger partial charge is 0.323 e. The van der Waals surface area contributed by atoms with Crippen LogP contribution < -0.4 is 0 Å². The molecule has 1 N–H and O–H groups in total. The van der Waals surface area contributed by atoms with Gasteiger partial charge in [0.1, 0.15) is 18.1 Å². The fraction of sp³-hybridized carbons (Fsp3) is 0.0625. The first-order valence-corrected chi connectivity index (χ1v) is 7.99. The summed E-state index contributed by atoms with van der Waals surface area (Å²) in [6.07, 6.45) is 1.30. The third-order valence-corrected chi connectivity index (χ3v) is 4.34. The van der Waals surface area contributed by atoms with Gasteiger partial charge in [0.05, 0.1) is 15.4 Å². The van der Waals surface area contributed by atoms with Gasteiger partial charge in [-0.15, -0.1) is 0 Å². The molecule has 1 aliphatic rings. The van der Waals surface area contributed by atoms with Crippen molar-refractivity contribution in [2.24, 2.45) is 0 Å². The number of nitro benzene ring substituents is 1. The lowest BCUT2D eigenvalue weighted by molar-refractivity contribution is -0.384. The largest absolute Gasteiger partial charge is 0.480 e. The molecule has 1 saturated heterocycles. The molecule has 0 aliphatic carbocycles. The van der Waals surface area contributed by atoms with E-state index in [9.17, 15) is 24.5 Å². The summed E-state index contributed by atoms with van der Waals surface area (Å²) in [7, 11) is 0. The average molecular weight is 374 g/mol. The highest BCUT2D eigenvalue weighted by molar-refractivity contribution is 8.18. The number of carbonyl (C=O) groups excluding carboxylic acids is 2. The van der Waals surface area contributed by atoms with E-state index in [4.69, 9.17) is 9.52 Å². The number of hydrogen-bond donors (Lipinski definition) is 1. The van der Waals surface area contributed by atoms with Gasteiger partial charge in [-0.3, -0.25) is 29.4 Å². The molecule has 26 heavy (non-hydrogen) atoms. The molecule has 10 heteroatoms. The Kier molecular flexibility index (Phi) is 4.59. The monoisotopic (exact) mass is 374 g/mol. The Morgan fingerprint density at radius 1 is 1.27 bits per heavy atom. The lowest BCUT2D eigenvalue weighted by atomic mass is 10.1. The SMILES string of the molecule is O=C(O)CN1C(=O)S/C(=C\c2ccc(-c3ccccc3[N+](=O)[O-])o2)C1=O. The third kappa shape index (κ3) is 3.35. The highest BCUT2D eigenvalue weighted by atomic mass is 32.2. The minimum absolute atomic E-state index is 0.0136. The van der Waals surface area contributed by atoms with E-state index in [2.05, 4.69) is 0 Å². The Morgan fingerprint density at radius 2 is 2.00 bits per heavy atom. The van der Waals surface area contributed by atoms with Crippen molar-refractivity contribution in [2.45, 2.75) is 0 Å². The summed E-state index contributed by atoms with van der Waals surface area (Å²) in [5, 5.41) is 19.1. The van der Waals surface area contributed by atoms with Crippen molar-refractivity contribution in [1.82, 2.24) is 4.90 Å². The van der Waals surface area contributed by atoms with Gasteiger partial charge in [0.25, 0.3) is 16.8 Å². The maximum atomic E-state index is 12.1. The molecular formula is C16H10N2O7S. The van der Waals surface area contributed by atoms with Gasteiger partial charge in [0, 0.05) is 12.1 Å². The number of rotatable bonds is 5. The van der Waals surface area contributed by atoms with Crippen LogP contribution in [-0.4, -0.2) is 38.6 Å². The minimum atomic E-state index is -1.30. The van der Waals surface area contributed by atoms with Crippen LogP contribution >= 0.6 is 11.8 Å². The van der Waals surface area contributed by atoms with Crippen molar-refractivity contribution in [3.63, 3.8) is 0 Å². The summed E-state index contributed by atoms with van der Waals surface area (Å²) in [6.45, 7) is -0.721. The summed E-state index contributed by atoms with van der Waals surface area (Å²) in [5.74, 6) is -1.59. The molecule has 1 aromatic heterocycles. The number of thioether (sulfide) groups is 1. The molecule has 0 unspecified atom stereocenters. The Balaban J connectivity index is 1.89. The van der Waals surface area contributed by atoms with E-state index in [0.29, 0.717) is 16.7 Å². The van der Waals surface area contributed by atoms with E-state index in [0.717, 1.165) is 0 Å². The highest BCUT2D eigenvalue weighted by Crippen LogP contribution is 2.34. The minimum Gasteiger partial charge on any atom is -0.480 e. The molecule has 2 aromatic rings. The van der Waals surface area contributed by atoms with Crippen LogP contribution in [0.15, 0.2) is 45.7 Å². The normalized spacial score (nSPS) is 15.7. The van der Waals surface area contributed by atoms with Crippen molar-refractivity contribution >= 4 is 40.6 Å². The Hall–Kier alpha value is -3.40. The third-order valence-electron chi connectivity index (χ3n) is 3.43. The van der Waals surface area contributed by atoms with Crippen molar-refractivity contribution < 1.29 is 28.8 Å². The van der Waals surface area contributed by atoms with Crippen molar-refractivity contribution in [2.75, 3.05) is 6.54 Å². The number of furan rings is 1. The van der Waals surface area contributed by atoms with Gasteiger partial charge >= 0.3 is 5.97 Å². The zero-order chi connectivity index (χ0) is 18.8. The van der Waals surface area contributed by atoms with Gasteiger partial charge in [-0.2, -0.15) is 0 Å². The second kappa shape index (κ2) is 6.84. The molecule has 0 atom stereocenters. The molecule has 2 heterocycles. The Labute approximate surface area is 150 Å². The summed E-state index contributed by atoms with van der Waals surface area (Å²) < 4.78 is 5.53. The van der Waals surface area contributed by atoms with Crippen LogP contribution in [-0.2, 0) is 9.59 Å². The fourth-order valence-electron chi connectivity index (χ4n) is 2.32. The van der Waals surface area contributed by atoms with Gasteiger partial charge < -0.3 is 9.52 Å². The average Bonchev–Trinajstić information content (AvgIpc) is 3.15. The molecule has 1 aromatic carbocycles. The van der Waals surface area contributed by atoms with Gasteiger partial charge in [0.15, 0.2) is 0 Å². The fourth-order valence-corrected chi connectivity index (χ4v) is 3.14. The van der Waals surface area contributed by atoms with Crippen LogP contribution in [0.3, 0.4) is 0 Å². The van der Waals surface area contributed by atoms with Crippen LogP contribution in [0.4, 0.5) is 10.5 Å². The zero-order valence-electron chi connectivity index (χ0n) is 12.9. The first kappa shape index (κ1) is 17.4. The number of para-hydroxylation sites is 1. The summed E-state index contributed by atoms with van der Waals surface area (Å²) in [4.78, 5) is 45.7. The summed E-state index contributed by atoms with van der Waals surface area (Å²) in [6, 6.07) is 9.04. The molecule has 1 aliphatic heterocycles. The van der Waals surface area contributed by atoms with Crippen LogP contribution in [0, 0.1) is 10.1 Å². The molecule has 0 saturated carbocycles. The van der Waals surface area contributed by atoms with E-state index in [-0.39, 0.29) is 27.7 Å². The van der Waals surface area contributed by atoms with Crippen LogP contribution in [0.2, 0.25) is 0 Å². The molecular weight excluding hydrogens is 364 g/mol. The highest BCUT2D eigenvalue weighted by Gasteiger charge is 2.36. The van der Waals surface area contributed by atoms with E-state index in [1.165, 1.54) is 36.4 Å². The molecule has 0 spiro atoms. The van der Waals surface area contributed by atoms with Crippen LogP contribution in [0.25, 0.3) is 17.4 Å². The van der Waals surface area contributed by atoms with Crippen LogP contribution in [0.1, 0.15) is 5.76 Å². The topological polar surface area (TPSA) is 131 Å². The number of benzene rings is 1. The summed E-state index contributed by atoms with van der Waals surface area (Å²) in [5.41, 5.74) is 0.145. The number of nitro groups is 1. The Bertz CT molecular complexity index is 963. The van der Waals surface area contributed by atoms with Crippen LogP contribution in [0.5, 0.6) is 0 Å². The predicted molar refractivity (Wildman–Crippen MR) is 91.1 cm³/mol. The number of amides is 2. The number of aliphatic carboxylic acids is 1. The van der Waals surface area contributed by atoms with Crippen molar-refractivity contribution in [3.8, 4) is 11.3 Å². The molecule has 0 radical (unpaired) electrons. The van der Waals surface area contributed by atoms with E-state index in [1.807, 2.05) is 0 Å². The van der Waals surface area contributed by atoms with E-state index < -0.39 is 28.6 Å². The molecule has 1 fully saturated rings. The molecule has 2 amide bonds.